The second-order valence-electron chi connectivity index (χ2n) is 4.47. The highest BCUT2D eigenvalue weighted by Gasteiger charge is 2.29. The predicted molar refractivity (Wildman–Crippen MR) is 63.2 cm³/mol. The van der Waals surface area contributed by atoms with E-state index >= 15 is 0 Å². The van der Waals surface area contributed by atoms with Gasteiger partial charge in [-0.05, 0) is 18.9 Å². The van der Waals surface area contributed by atoms with Gasteiger partial charge in [-0.2, -0.15) is 0 Å². The molecule has 1 aliphatic carbocycles. The van der Waals surface area contributed by atoms with Crippen LogP contribution in [0.2, 0.25) is 0 Å². The van der Waals surface area contributed by atoms with Crippen molar-refractivity contribution in [3.63, 3.8) is 0 Å². The average Bonchev–Trinajstić information content (AvgIpc) is 2.27. The molecule has 1 aliphatic rings. The molecule has 1 saturated carbocycles. The molecule has 0 heterocycles. The summed E-state index contributed by atoms with van der Waals surface area (Å²) in [5.41, 5.74) is 0.350. The van der Waals surface area contributed by atoms with E-state index in [4.69, 9.17) is 4.74 Å². The third-order valence-electron chi connectivity index (χ3n) is 3.29. The Balaban J connectivity index is 1.78. The summed E-state index contributed by atoms with van der Waals surface area (Å²) in [7, 11) is 1.70. The highest BCUT2D eigenvalue weighted by atomic mass is 19.1. The minimum Gasteiger partial charge on any atom is -0.387 e. The van der Waals surface area contributed by atoms with Crippen LogP contribution < -0.4 is 5.32 Å². The van der Waals surface area contributed by atoms with Gasteiger partial charge in [0.25, 0.3) is 0 Å². The molecule has 94 valence electrons. The maximum Gasteiger partial charge on any atom is 0.129 e. The van der Waals surface area contributed by atoms with Crippen LogP contribution >= 0.6 is 0 Å². The number of halogens is 1. The van der Waals surface area contributed by atoms with Gasteiger partial charge in [-0.1, -0.05) is 18.2 Å². The lowest BCUT2D eigenvalue weighted by Crippen LogP contribution is -2.46. The van der Waals surface area contributed by atoms with Crippen molar-refractivity contribution in [1.82, 2.24) is 5.32 Å². The van der Waals surface area contributed by atoms with Crippen LogP contribution in [0.5, 0.6) is 0 Å². The summed E-state index contributed by atoms with van der Waals surface area (Å²) in [4.78, 5) is 0. The first kappa shape index (κ1) is 12.5. The van der Waals surface area contributed by atoms with Crippen molar-refractivity contribution in [2.24, 2.45) is 0 Å². The smallest absolute Gasteiger partial charge is 0.129 e. The van der Waals surface area contributed by atoms with Crippen molar-refractivity contribution >= 4 is 0 Å². The van der Waals surface area contributed by atoms with E-state index in [1.165, 1.54) is 6.07 Å². The van der Waals surface area contributed by atoms with Gasteiger partial charge < -0.3 is 15.2 Å². The van der Waals surface area contributed by atoms with Crippen molar-refractivity contribution in [2.45, 2.75) is 31.1 Å². The summed E-state index contributed by atoms with van der Waals surface area (Å²) in [5.74, 6) is -0.356. The zero-order valence-electron chi connectivity index (χ0n) is 9.90. The van der Waals surface area contributed by atoms with E-state index in [-0.39, 0.29) is 5.82 Å². The predicted octanol–water partition coefficient (Wildman–Crippen LogP) is 1.63. The van der Waals surface area contributed by atoms with Gasteiger partial charge in [0.15, 0.2) is 0 Å². The van der Waals surface area contributed by atoms with E-state index in [1.54, 1.807) is 25.3 Å². The van der Waals surface area contributed by atoms with Crippen LogP contribution in [-0.4, -0.2) is 30.9 Å². The van der Waals surface area contributed by atoms with Crippen molar-refractivity contribution in [2.75, 3.05) is 13.7 Å². The van der Waals surface area contributed by atoms with Gasteiger partial charge in [0.05, 0.1) is 12.2 Å². The largest absolute Gasteiger partial charge is 0.387 e. The van der Waals surface area contributed by atoms with Crippen LogP contribution in [-0.2, 0) is 4.74 Å². The van der Waals surface area contributed by atoms with Gasteiger partial charge >= 0.3 is 0 Å². The number of ether oxygens (including phenoxy) is 1. The van der Waals surface area contributed by atoms with Gasteiger partial charge in [-0.25, -0.2) is 4.39 Å². The Bertz CT molecular complexity index is 366. The Morgan fingerprint density at radius 2 is 2.18 bits per heavy atom. The molecule has 0 amide bonds. The fourth-order valence-electron chi connectivity index (χ4n) is 2.06. The van der Waals surface area contributed by atoms with E-state index in [1.807, 2.05) is 0 Å². The van der Waals surface area contributed by atoms with Crippen LogP contribution in [0.1, 0.15) is 24.5 Å². The molecular formula is C13H18FNO2. The summed E-state index contributed by atoms with van der Waals surface area (Å²) >= 11 is 0. The van der Waals surface area contributed by atoms with Gasteiger partial charge in [0.2, 0.25) is 0 Å². The molecule has 4 heteroatoms. The summed E-state index contributed by atoms with van der Waals surface area (Å²) in [6.07, 6.45) is 1.46. The molecule has 0 bridgehead atoms. The van der Waals surface area contributed by atoms with Crippen LogP contribution in [0.15, 0.2) is 24.3 Å². The average molecular weight is 239 g/mol. The molecule has 1 unspecified atom stereocenters. The molecule has 0 aliphatic heterocycles. The molecular weight excluding hydrogens is 221 g/mol. The normalized spacial score (nSPS) is 25.4. The molecule has 17 heavy (non-hydrogen) atoms. The van der Waals surface area contributed by atoms with Crippen LogP contribution in [0.3, 0.4) is 0 Å². The number of methoxy groups -OCH3 is 1. The fourth-order valence-corrected chi connectivity index (χ4v) is 2.06. The fraction of sp³-hybridized carbons (Fsp3) is 0.538. The first-order valence-corrected chi connectivity index (χ1v) is 5.89. The molecule has 1 aromatic carbocycles. The van der Waals surface area contributed by atoms with E-state index < -0.39 is 6.10 Å². The van der Waals surface area contributed by atoms with Gasteiger partial charge in [-0.3, -0.25) is 0 Å². The zero-order valence-corrected chi connectivity index (χ0v) is 9.90. The lowest BCUT2D eigenvalue weighted by Gasteiger charge is -2.35. The zero-order chi connectivity index (χ0) is 12.3. The number of aliphatic hydroxyl groups excluding tert-OH is 1. The third-order valence-corrected chi connectivity index (χ3v) is 3.29. The van der Waals surface area contributed by atoms with Crippen molar-refractivity contribution < 1.29 is 14.2 Å². The van der Waals surface area contributed by atoms with Crippen molar-refractivity contribution in [3.05, 3.63) is 35.6 Å². The summed E-state index contributed by atoms with van der Waals surface area (Å²) < 4.78 is 18.5. The number of aliphatic hydroxyl groups is 1. The summed E-state index contributed by atoms with van der Waals surface area (Å²) in [6, 6.07) is 6.70. The Hall–Kier alpha value is -0.970. The molecule has 0 aromatic heterocycles. The SMILES string of the molecule is COC1CC(NCC(O)c2ccccc2F)C1. The summed E-state index contributed by atoms with van der Waals surface area (Å²) in [5, 5.41) is 13.1. The number of benzene rings is 1. The first-order chi connectivity index (χ1) is 8.20. The van der Waals surface area contributed by atoms with E-state index in [0.29, 0.717) is 24.3 Å². The maximum atomic E-state index is 13.4. The second kappa shape index (κ2) is 5.58. The van der Waals surface area contributed by atoms with Crippen LogP contribution in [0, 0.1) is 5.82 Å². The molecule has 0 spiro atoms. The van der Waals surface area contributed by atoms with E-state index in [2.05, 4.69) is 5.32 Å². The van der Waals surface area contributed by atoms with Crippen molar-refractivity contribution in [3.8, 4) is 0 Å². The molecule has 1 fully saturated rings. The highest BCUT2D eigenvalue weighted by molar-refractivity contribution is 5.20. The number of hydrogen-bond donors (Lipinski definition) is 2. The first-order valence-electron chi connectivity index (χ1n) is 5.89. The minimum absolute atomic E-state index is 0.332. The molecule has 3 nitrogen and oxygen atoms in total. The molecule has 0 saturated heterocycles. The highest BCUT2D eigenvalue weighted by Crippen LogP contribution is 2.23. The quantitative estimate of drug-likeness (QED) is 0.820. The lowest BCUT2D eigenvalue weighted by atomic mass is 9.89. The van der Waals surface area contributed by atoms with Gasteiger partial charge in [0.1, 0.15) is 5.82 Å². The Morgan fingerprint density at radius 1 is 1.47 bits per heavy atom. The Labute approximate surface area is 101 Å². The molecule has 1 aromatic rings. The number of hydrogen-bond acceptors (Lipinski definition) is 3. The van der Waals surface area contributed by atoms with Gasteiger partial charge in [-0.15, -0.1) is 0 Å². The molecule has 2 rings (SSSR count). The Morgan fingerprint density at radius 3 is 2.82 bits per heavy atom. The second-order valence-corrected chi connectivity index (χ2v) is 4.47. The Kier molecular flexibility index (Phi) is 4.10. The minimum atomic E-state index is -0.794. The standard InChI is InChI=1S/C13H18FNO2/c1-17-10-6-9(7-10)15-8-13(16)11-4-2-3-5-12(11)14/h2-5,9-10,13,15-16H,6-8H2,1H3. The summed E-state index contributed by atoms with van der Waals surface area (Å²) in [6.45, 7) is 0.377. The molecule has 1 atom stereocenters. The molecule has 0 radical (unpaired) electrons. The molecule has 2 N–H and O–H groups in total. The topological polar surface area (TPSA) is 41.5 Å². The number of nitrogens with one attached hydrogen (secondary N) is 1. The van der Waals surface area contributed by atoms with E-state index in [9.17, 15) is 9.50 Å². The van der Waals surface area contributed by atoms with Gasteiger partial charge in [0, 0.05) is 25.3 Å². The third kappa shape index (κ3) is 3.03. The van der Waals surface area contributed by atoms with Crippen molar-refractivity contribution in [1.29, 1.82) is 0 Å². The lowest BCUT2D eigenvalue weighted by molar-refractivity contribution is 0.0136. The number of rotatable bonds is 5. The van der Waals surface area contributed by atoms with Crippen LogP contribution in [0.4, 0.5) is 4.39 Å². The monoisotopic (exact) mass is 239 g/mol. The van der Waals surface area contributed by atoms with Crippen LogP contribution in [0.25, 0.3) is 0 Å². The maximum absolute atomic E-state index is 13.4. The van der Waals surface area contributed by atoms with E-state index in [0.717, 1.165) is 12.8 Å².